The van der Waals surface area contributed by atoms with Gasteiger partial charge in [-0.3, -0.25) is 0 Å². The fourth-order valence-electron chi connectivity index (χ4n) is 5.00. The normalized spacial score (nSPS) is 49.8. The minimum Gasteiger partial charge on any atom is -0.394 e. The van der Waals surface area contributed by atoms with E-state index in [1.807, 2.05) is 0 Å². The van der Waals surface area contributed by atoms with Crippen LogP contribution in [-0.2, 0) is 8.85 Å². The molecule has 4 rings (SSSR count). The van der Waals surface area contributed by atoms with Gasteiger partial charge in [0.1, 0.15) is 0 Å². The van der Waals surface area contributed by atoms with Crippen LogP contribution in [0.5, 0.6) is 0 Å². The third kappa shape index (κ3) is 1.28. The second kappa shape index (κ2) is 3.58. The van der Waals surface area contributed by atoms with Crippen molar-refractivity contribution in [1.82, 2.24) is 0 Å². The van der Waals surface area contributed by atoms with E-state index in [0.717, 1.165) is 48.0 Å². The van der Waals surface area contributed by atoms with Gasteiger partial charge in [-0.15, -0.1) is 0 Å². The van der Waals surface area contributed by atoms with Crippen LogP contribution in [-0.4, -0.2) is 21.8 Å². The third-order valence-corrected chi connectivity index (χ3v) is 11.0. The van der Waals surface area contributed by atoms with Crippen molar-refractivity contribution in [2.75, 3.05) is 13.2 Å². The Labute approximate surface area is 105 Å². The minimum atomic E-state index is -1.86. The quantitative estimate of drug-likeness (QED) is 0.675. The van der Waals surface area contributed by atoms with Crippen LogP contribution in [0.4, 0.5) is 0 Å². The lowest BCUT2D eigenvalue weighted by molar-refractivity contribution is 0.176. The Morgan fingerprint density at radius 1 is 0.765 bits per heavy atom. The smallest absolute Gasteiger partial charge is 0.345 e. The van der Waals surface area contributed by atoms with Crippen molar-refractivity contribution >= 4 is 8.56 Å². The second-order valence-corrected chi connectivity index (χ2v) is 9.80. The summed E-state index contributed by atoms with van der Waals surface area (Å²) in [7, 11) is -1.86. The predicted octanol–water partition coefficient (Wildman–Crippen LogP) is 3.32. The fraction of sp³-hybridized carbons (Fsp3) is 1.00. The first-order valence-electron chi connectivity index (χ1n) is 7.61. The van der Waals surface area contributed by atoms with Gasteiger partial charge in [0, 0.05) is 24.3 Å². The maximum atomic E-state index is 6.40. The summed E-state index contributed by atoms with van der Waals surface area (Å²) in [6, 6.07) is 0. The summed E-state index contributed by atoms with van der Waals surface area (Å²) in [4.78, 5) is 0. The predicted molar refractivity (Wildman–Crippen MR) is 68.9 cm³/mol. The number of fused-ring (bicyclic) bond motifs is 2. The molecule has 3 heteroatoms. The topological polar surface area (TPSA) is 18.5 Å². The van der Waals surface area contributed by atoms with Crippen LogP contribution in [0.1, 0.15) is 39.5 Å². The highest BCUT2D eigenvalue weighted by Gasteiger charge is 2.78. The molecule has 0 aliphatic heterocycles. The molecule has 0 amide bonds. The van der Waals surface area contributed by atoms with Crippen LogP contribution in [0.15, 0.2) is 0 Å². The summed E-state index contributed by atoms with van der Waals surface area (Å²) in [6.07, 6.45) is 5.86. The Bertz CT molecular complexity index is 280. The maximum Gasteiger partial charge on any atom is 0.345 e. The third-order valence-electron chi connectivity index (χ3n) is 6.00. The van der Waals surface area contributed by atoms with Gasteiger partial charge in [-0.05, 0) is 63.2 Å². The Hall–Kier alpha value is 0.137. The SMILES string of the molecule is CCO[Si](OCC)(C1C2CCC21)C1C2CCC21. The number of rotatable bonds is 6. The molecule has 0 spiro atoms. The van der Waals surface area contributed by atoms with Crippen molar-refractivity contribution in [3.63, 3.8) is 0 Å². The van der Waals surface area contributed by atoms with Crippen molar-refractivity contribution < 1.29 is 8.85 Å². The summed E-state index contributed by atoms with van der Waals surface area (Å²) >= 11 is 0. The molecule has 4 fully saturated rings. The minimum absolute atomic E-state index is 0.873. The average Bonchev–Trinajstić information content (AvgIpc) is 2.97. The number of hydrogen-bond acceptors (Lipinski definition) is 2. The zero-order chi connectivity index (χ0) is 11.6. The van der Waals surface area contributed by atoms with Crippen LogP contribution in [0.3, 0.4) is 0 Å². The molecule has 2 nitrogen and oxygen atoms in total. The van der Waals surface area contributed by atoms with Crippen molar-refractivity contribution in [2.24, 2.45) is 23.7 Å². The van der Waals surface area contributed by atoms with Crippen LogP contribution >= 0.6 is 0 Å². The Morgan fingerprint density at radius 3 is 1.35 bits per heavy atom. The maximum absolute atomic E-state index is 6.40. The Balaban J connectivity index is 1.60. The molecule has 0 saturated heterocycles. The van der Waals surface area contributed by atoms with E-state index in [4.69, 9.17) is 8.85 Å². The number of hydrogen-bond donors (Lipinski definition) is 0. The van der Waals surface area contributed by atoms with Gasteiger partial charge in [0.25, 0.3) is 0 Å². The van der Waals surface area contributed by atoms with E-state index in [1.165, 1.54) is 25.7 Å². The first kappa shape index (κ1) is 11.0. The monoisotopic (exact) mass is 252 g/mol. The molecular weight excluding hydrogens is 228 g/mol. The summed E-state index contributed by atoms with van der Waals surface area (Å²) in [5.41, 5.74) is 1.77. The van der Waals surface area contributed by atoms with E-state index in [9.17, 15) is 0 Å². The lowest BCUT2D eigenvalue weighted by atomic mass is 10.0. The van der Waals surface area contributed by atoms with Crippen molar-refractivity contribution in [2.45, 2.75) is 50.6 Å². The molecule has 0 aromatic carbocycles. The molecule has 0 bridgehead atoms. The molecule has 0 aromatic heterocycles. The fourth-order valence-corrected chi connectivity index (χ4v) is 11.0. The molecule has 0 aromatic rings. The highest BCUT2D eigenvalue weighted by atomic mass is 28.4. The highest BCUT2D eigenvalue weighted by Crippen LogP contribution is 2.79. The summed E-state index contributed by atoms with van der Waals surface area (Å²) in [6.45, 7) is 6.07. The Morgan fingerprint density at radius 2 is 1.12 bits per heavy atom. The second-order valence-electron chi connectivity index (χ2n) is 6.45. The van der Waals surface area contributed by atoms with Gasteiger partial charge in [0.15, 0.2) is 0 Å². The molecule has 0 radical (unpaired) electrons. The van der Waals surface area contributed by atoms with E-state index in [-0.39, 0.29) is 0 Å². The van der Waals surface area contributed by atoms with Gasteiger partial charge in [0.05, 0.1) is 0 Å². The van der Waals surface area contributed by atoms with Crippen molar-refractivity contribution in [3.05, 3.63) is 0 Å². The van der Waals surface area contributed by atoms with Gasteiger partial charge >= 0.3 is 8.56 Å². The molecular formula is C14H24O2Si. The van der Waals surface area contributed by atoms with Gasteiger partial charge in [-0.25, -0.2) is 0 Å². The molecule has 4 saturated carbocycles. The van der Waals surface area contributed by atoms with Crippen LogP contribution < -0.4 is 0 Å². The molecule has 4 unspecified atom stereocenters. The van der Waals surface area contributed by atoms with Gasteiger partial charge in [0.2, 0.25) is 0 Å². The van der Waals surface area contributed by atoms with Crippen molar-refractivity contribution in [1.29, 1.82) is 0 Å². The lowest BCUT2D eigenvalue weighted by Gasteiger charge is -2.31. The van der Waals surface area contributed by atoms with Crippen molar-refractivity contribution in [3.8, 4) is 0 Å². The molecule has 0 heterocycles. The molecule has 4 aliphatic rings. The summed E-state index contributed by atoms with van der Waals surface area (Å²) in [5.74, 6) is 4.05. The van der Waals surface area contributed by atoms with Gasteiger partial charge in [-0.1, -0.05) is 0 Å². The standard InChI is InChI=1S/C14H24O2Si/c1-3-15-17(16-4-2,13-9-5-6-10(9)13)14-11-7-8-12(11)14/h9-14H,3-8H2,1-2H3. The molecule has 0 N–H and O–H groups in total. The summed E-state index contributed by atoms with van der Waals surface area (Å²) < 4.78 is 12.8. The largest absolute Gasteiger partial charge is 0.394 e. The zero-order valence-electron chi connectivity index (χ0n) is 11.0. The van der Waals surface area contributed by atoms with Gasteiger partial charge < -0.3 is 8.85 Å². The highest BCUT2D eigenvalue weighted by molar-refractivity contribution is 6.72. The van der Waals surface area contributed by atoms with E-state index in [0.29, 0.717) is 0 Å². The zero-order valence-corrected chi connectivity index (χ0v) is 12.0. The molecule has 4 atom stereocenters. The van der Waals surface area contributed by atoms with E-state index in [2.05, 4.69) is 13.8 Å². The Kier molecular flexibility index (Phi) is 2.32. The van der Waals surface area contributed by atoms with Crippen LogP contribution in [0.25, 0.3) is 0 Å². The first-order chi connectivity index (χ1) is 8.33. The van der Waals surface area contributed by atoms with E-state index in [1.54, 1.807) is 0 Å². The molecule has 17 heavy (non-hydrogen) atoms. The van der Waals surface area contributed by atoms with Gasteiger partial charge in [-0.2, -0.15) is 0 Å². The summed E-state index contributed by atoms with van der Waals surface area (Å²) in [5, 5.41) is 0. The average molecular weight is 252 g/mol. The van der Waals surface area contributed by atoms with Crippen LogP contribution in [0.2, 0.25) is 11.1 Å². The van der Waals surface area contributed by atoms with E-state index < -0.39 is 8.56 Å². The molecule has 4 aliphatic carbocycles. The molecule has 96 valence electrons. The van der Waals surface area contributed by atoms with E-state index >= 15 is 0 Å². The lowest BCUT2D eigenvalue weighted by Crippen LogP contribution is -2.45. The first-order valence-corrected chi connectivity index (χ1v) is 9.58. The van der Waals surface area contributed by atoms with Crippen LogP contribution in [0, 0.1) is 23.7 Å².